The monoisotopic (exact) mass is 429 g/mol. The molecule has 1 aliphatic rings. The predicted octanol–water partition coefficient (Wildman–Crippen LogP) is 3.43. The topological polar surface area (TPSA) is 62.7 Å². The van der Waals surface area contributed by atoms with Gasteiger partial charge in [0.05, 0.1) is 0 Å². The van der Waals surface area contributed by atoms with Crippen LogP contribution in [0.2, 0.25) is 0 Å². The molecule has 0 unspecified atom stereocenters. The summed E-state index contributed by atoms with van der Waals surface area (Å²) < 4.78 is 5.68. The van der Waals surface area contributed by atoms with Crippen LogP contribution in [0.25, 0.3) is 11.1 Å². The Labute approximate surface area is 188 Å². The Morgan fingerprint density at radius 1 is 1.03 bits per heavy atom. The molecular formula is C26H27N3O3. The summed E-state index contributed by atoms with van der Waals surface area (Å²) in [7, 11) is 0. The van der Waals surface area contributed by atoms with Crippen molar-refractivity contribution in [2.24, 2.45) is 0 Å². The number of rotatable bonds is 7. The maximum absolute atomic E-state index is 13.3. The SMILES string of the molecule is CCN1CCN(C(=O)COc2ccccc2)[C@@H](Cc2ccccc2-c2cccnc2)C1=O. The van der Waals surface area contributed by atoms with Crippen molar-refractivity contribution in [2.75, 3.05) is 26.2 Å². The molecule has 6 nitrogen and oxygen atoms in total. The van der Waals surface area contributed by atoms with Gasteiger partial charge in [0.2, 0.25) is 5.91 Å². The van der Waals surface area contributed by atoms with Crippen molar-refractivity contribution in [1.29, 1.82) is 0 Å². The van der Waals surface area contributed by atoms with Crippen LogP contribution in [0.15, 0.2) is 79.1 Å². The summed E-state index contributed by atoms with van der Waals surface area (Å²) in [4.78, 5) is 34.1. The Bertz CT molecular complexity index is 1060. The second kappa shape index (κ2) is 10.1. The molecule has 0 spiro atoms. The zero-order valence-electron chi connectivity index (χ0n) is 18.2. The first-order valence-corrected chi connectivity index (χ1v) is 10.9. The van der Waals surface area contributed by atoms with E-state index >= 15 is 0 Å². The van der Waals surface area contributed by atoms with Crippen molar-refractivity contribution in [3.05, 3.63) is 84.7 Å². The van der Waals surface area contributed by atoms with Crippen molar-refractivity contribution in [1.82, 2.24) is 14.8 Å². The van der Waals surface area contributed by atoms with Crippen LogP contribution in [0.4, 0.5) is 0 Å². The second-order valence-electron chi connectivity index (χ2n) is 7.73. The minimum atomic E-state index is -0.562. The van der Waals surface area contributed by atoms with E-state index in [1.165, 1.54) is 0 Å². The van der Waals surface area contributed by atoms with Gasteiger partial charge < -0.3 is 14.5 Å². The summed E-state index contributed by atoms with van der Waals surface area (Å²) in [5.74, 6) is 0.437. The molecule has 164 valence electrons. The molecule has 1 aromatic heterocycles. The third-order valence-corrected chi connectivity index (χ3v) is 5.79. The Morgan fingerprint density at radius 2 is 1.81 bits per heavy atom. The molecule has 2 heterocycles. The zero-order valence-corrected chi connectivity index (χ0v) is 18.2. The highest BCUT2D eigenvalue weighted by Gasteiger charge is 2.37. The summed E-state index contributed by atoms with van der Waals surface area (Å²) in [5, 5.41) is 0. The maximum atomic E-state index is 13.3. The largest absolute Gasteiger partial charge is 0.484 e. The fraction of sp³-hybridized carbons (Fsp3) is 0.269. The van der Waals surface area contributed by atoms with Crippen LogP contribution in [0.1, 0.15) is 12.5 Å². The van der Waals surface area contributed by atoms with Gasteiger partial charge in [-0.25, -0.2) is 0 Å². The number of piperazine rings is 1. The lowest BCUT2D eigenvalue weighted by atomic mass is 9.94. The fourth-order valence-electron chi connectivity index (χ4n) is 4.10. The molecule has 0 radical (unpaired) electrons. The lowest BCUT2D eigenvalue weighted by molar-refractivity contribution is -0.152. The van der Waals surface area contributed by atoms with Crippen LogP contribution >= 0.6 is 0 Å². The number of likely N-dealkylation sites (N-methyl/N-ethyl adjacent to an activating group) is 1. The van der Waals surface area contributed by atoms with Crippen molar-refractivity contribution >= 4 is 11.8 Å². The molecule has 1 fully saturated rings. The molecule has 1 atom stereocenters. The first kappa shape index (κ1) is 21.6. The fourth-order valence-corrected chi connectivity index (χ4v) is 4.10. The number of hydrogen-bond acceptors (Lipinski definition) is 4. The molecule has 4 rings (SSSR count). The Balaban J connectivity index is 1.57. The number of para-hydroxylation sites is 1. The molecule has 0 saturated carbocycles. The molecular weight excluding hydrogens is 402 g/mol. The van der Waals surface area contributed by atoms with E-state index in [4.69, 9.17) is 4.74 Å². The van der Waals surface area contributed by atoms with Crippen LogP contribution in [-0.4, -0.2) is 58.9 Å². The van der Waals surface area contributed by atoms with Gasteiger partial charge in [0, 0.05) is 44.0 Å². The highest BCUT2D eigenvalue weighted by molar-refractivity contribution is 5.90. The third kappa shape index (κ3) is 4.80. The highest BCUT2D eigenvalue weighted by Crippen LogP contribution is 2.26. The molecule has 2 aromatic carbocycles. The number of amides is 2. The average Bonchev–Trinajstić information content (AvgIpc) is 2.85. The Kier molecular flexibility index (Phi) is 6.80. The lowest BCUT2D eigenvalue weighted by Gasteiger charge is -2.40. The smallest absolute Gasteiger partial charge is 0.261 e. The first-order chi connectivity index (χ1) is 15.7. The highest BCUT2D eigenvalue weighted by atomic mass is 16.5. The number of ether oxygens (including phenoxy) is 1. The standard InChI is InChI=1S/C26H27N3O3/c1-2-28-15-16-29(25(30)19-32-22-11-4-3-5-12-22)24(26(28)31)17-20-9-6-7-13-23(20)21-10-8-14-27-18-21/h3-14,18,24H,2,15-17,19H2,1H3/t24-/m0/s1. The normalized spacial score (nSPS) is 16.2. The molecule has 32 heavy (non-hydrogen) atoms. The van der Waals surface area contributed by atoms with Crippen LogP contribution in [-0.2, 0) is 16.0 Å². The van der Waals surface area contributed by atoms with Crippen molar-refractivity contribution in [3.63, 3.8) is 0 Å². The van der Waals surface area contributed by atoms with E-state index in [2.05, 4.69) is 4.98 Å². The second-order valence-corrected chi connectivity index (χ2v) is 7.73. The van der Waals surface area contributed by atoms with Crippen molar-refractivity contribution < 1.29 is 14.3 Å². The van der Waals surface area contributed by atoms with Gasteiger partial charge in [0.15, 0.2) is 6.61 Å². The minimum Gasteiger partial charge on any atom is -0.484 e. The Hall–Kier alpha value is -3.67. The molecule has 2 amide bonds. The van der Waals surface area contributed by atoms with Gasteiger partial charge in [0.1, 0.15) is 11.8 Å². The minimum absolute atomic E-state index is 0.0206. The van der Waals surface area contributed by atoms with Gasteiger partial charge in [-0.15, -0.1) is 0 Å². The molecule has 1 aliphatic heterocycles. The number of benzene rings is 2. The number of carbonyl (C=O) groups is 2. The molecule has 6 heteroatoms. The van der Waals surface area contributed by atoms with E-state index in [9.17, 15) is 9.59 Å². The van der Waals surface area contributed by atoms with Gasteiger partial charge in [-0.1, -0.05) is 48.5 Å². The zero-order chi connectivity index (χ0) is 22.3. The van der Waals surface area contributed by atoms with Gasteiger partial charge in [-0.2, -0.15) is 0 Å². The maximum Gasteiger partial charge on any atom is 0.261 e. The molecule has 0 aliphatic carbocycles. The third-order valence-electron chi connectivity index (χ3n) is 5.79. The van der Waals surface area contributed by atoms with Crippen molar-refractivity contribution in [3.8, 4) is 16.9 Å². The van der Waals surface area contributed by atoms with Gasteiger partial charge in [-0.05, 0) is 36.2 Å². The van der Waals surface area contributed by atoms with Gasteiger partial charge in [0.25, 0.3) is 5.91 Å². The summed E-state index contributed by atoms with van der Waals surface area (Å²) in [6.07, 6.45) is 4.00. The number of hydrogen-bond donors (Lipinski definition) is 0. The number of pyridine rings is 1. The Morgan fingerprint density at radius 3 is 2.56 bits per heavy atom. The van der Waals surface area contributed by atoms with E-state index in [1.54, 1.807) is 11.1 Å². The molecule has 0 bridgehead atoms. The van der Waals surface area contributed by atoms with E-state index in [-0.39, 0.29) is 18.4 Å². The van der Waals surface area contributed by atoms with Gasteiger partial charge in [-0.3, -0.25) is 14.6 Å². The summed E-state index contributed by atoms with van der Waals surface area (Å²) >= 11 is 0. The van der Waals surface area contributed by atoms with Crippen LogP contribution in [0.3, 0.4) is 0 Å². The number of aromatic nitrogens is 1. The average molecular weight is 430 g/mol. The van der Waals surface area contributed by atoms with Crippen molar-refractivity contribution in [2.45, 2.75) is 19.4 Å². The quantitative estimate of drug-likeness (QED) is 0.577. The van der Waals surface area contributed by atoms with E-state index in [1.807, 2.05) is 84.8 Å². The molecule has 3 aromatic rings. The van der Waals surface area contributed by atoms with E-state index in [0.29, 0.717) is 31.8 Å². The summed E-state index contributed by atoms with van der Waals surface area (Å²) in [5.41, 5.74) is 3.03. The summed E-state index contributed by atoms with van der Waals surface area (Å²) in [6.45, 7) is 3.53. The summed E-state index contributed by atoms with van der Waals surface area (Å²) in [6, 6.07) is 20.6. The van der Waals surface area contributed by atoms with Gasteiger partial charge >= 0.3 is 0 Å². The first-order valence-electron chi connectivity index (χ1n) is 10.9. The predicted molar refractivity (Wildman–Crippen MR) is 123 cm³/mol. The van der Waals surface area contributed by atoms with E-state index in [0.717, 1.165) is 16.7 Å². The molecule has 1 saturated heterocycles. The number of nitrogens with zero attached hydrogens (tertiary/aromatic N) is 3. The van der Waals surface area contributed by atoms with E-state index < -0.39 is 6.04 Å². The number of carbonyl (C=O) groups excluding carboxylic acids is 2. The van der Waals surface area contributed by atoms with Crippen LogP contribution in [0.5, 0.6) is 5.75 Å². The van der Waals surface area contributed by atoms with Crippen LogP contribution in [0, 0.1) is 0 Å². The molecule has 0 N–H and O–H groups in total. The lowest BCUT2D eigenvalue weighted by Crippen LogP contribution is -2.60. The van der Waals surface area contributed by atoms with Crippen LogP contribution < -0.4 is 4.74 Å².